The number of benzene rings is 2. The van der Waals surface area contributed by atoms with Gasteiger partial charge in [0.1, 0.15) is 0 Å². The Labute approximate surface area is 137 Å². The summed E-state index contributed by atoms with van der Waals surface area (Å²) in [5.74, 6) is -0.274. The molecule has 0 saturated heterocycles. The van der Waals surface area contributed by atoms with Gasteiger partial charge < -0.3 is 10.1 Å². The zero-order valence-electron chi connectivity index (χ0n) is 12.2. The second-order valence-corrected chi connectivity index (χ2v) is 4.95. The number of ether oxygens (including phenoxy) is 1. The van der Waals surface area contributed by atoms with Gasteiger partial charge in [-0.25, -0.2) is 0 Å². The van der Waals surface area contributed by atoms with E-state index in [1.807, 2.05) is 0 Å². The summed E-state index contributed by atoms with van der Waals surface area (Å²) in [7, 11) is 1.34. The Morgan fingerprint density at radius 1 is 1.26 bits per heavy atom. The molecule has 0 aliphatic carbocycles. The normalized spacial score (nSPS) is 10.5. The van der Waals surface area contributed by atoms with Gasteiger partial charge in [-0.15, -0.1) is 0 Å². The predicted octanol–water partition coefficient (Wildman–Crippen LogP) is 3.91. The first-order valence-corrected chi connectivity index (χ1v) is 6.94. The van der Waals surface area contributed by atoms with Crippen LogP contribution in [0, 0.1) is 10.1 Å². The number of anilines is 1. The summed E-state index contributed by atoms with van der Waals surface area (Å²) in [6, 6.07) is 11.2. The van der Waals surface area contributed by atoms with E-state index < -0.39 is 10.8 Å². The second-order valence-electron chi connectivity index (χ2n) is 4.52. The van der Waals surface area contributed by atoms with E-state index in [4.69, 9.17) is 16.3 Å². The van der Waals surface area contributed by atoms with Gasteiger partial charge in [-0.05, 0) is 35.9 Å². The van der Waals surface area contributed by atoms with Crippen molar-refractivity contribution in [2.75, 3.05) is 12.4 Å². The van der Waals surface area contributed by atoms with Gasteiger partial charge in [0.15, 0.2) is 5.75 Å². The molecule has 1 N–H and O–H groups in total. The number of nitrogens with one attached hydrogen (secondary N) is 1. The molecule has 0 aromatic heterocycles. The van der Waals surface area contributed by atoms with Crippen molar-refractivity contribution in [2.45, 2.75) is 0 Å². The summed E-state index contributed by atoms with van der Waals surface area (Å²) < 4.78 is 4.90. The molecule has 0 radical (unpaired) electrons. The van der Waals surface area contributed by atoms with Crippen LogP contribution >= 0.6 is 11.6 Å². The first kappa shape index (κ1) is 16.5. The Hall–Kier alpha value is -2.86. The number of rotatable bonds is 5. The van der Waals surface area contributed by atoms with Crippen LogP contribution in [0.4, 0.5) is 11.4 Å². The number of halogens is 1. The highest BCUT2D eigenvalue weighted by Gasteiger charge is 2.15. The lowest BCUT2D eigenvalue weighted by Crippen LogP contribution is -2.08. The molecule has 2 rings (SSSR count). The van der Waals surface area contributed by atoms with Crippen molar-refractivity contribution in [3.8, 4) is 5.75 Å². The van der Waals surface area contributed by atoms with Crippen molar-refractivity contribution >= 4 is 35.0 Å². The molecule has 23 heavy (non-hydrogen) atoms. The Morgan fingerprint density at radius 3 is 2.57 bits per heavy atom. The van der Waals surface area contributed by atoms with Gasteiger partial charge in [0.05, 0.1) is 12.0 Å². The van der Waals surface area contributed by atoms with Crippen LogP contribution in [0.2, 0.25) is 5.02 Å². The molecule has 0 spiro atoms. The van der Waals surface area contributed by atoms with Crippen LogP contribution in [0.1, 0.15) is 5.56 Å². The second kappa shape index (κ2) is 7.42. The summed E-state index contributed by atoms with van der Waals surface area (Å²) in [5.41, 5.74) is 0.903. The van der Waals surface area contributed by atoms with Crippen molar-refractivity contribution in [3.63, 3.8) is 0 Å². The number of carbonyl (C=O) groups excluding carboxylic acids is 1. The molecule has 2 aromatic rings. The molecular weight excluding hydrogens is 320 g/mol. The maximum Gasteiger partial charge on any atom is 0.312 e. The third-order valence-electron chi connectivity index (χ3n) is 2.94. The molecular formula is C16H13ClN2O4. The number of nitrogens with zero attached hydrogens (tertiary/aromatic N) is 1. The maximum absolute atomic E-state index is 11.9. The Morgan fingerprint density at radius 2 is 1.96 bits per heavy atom. The SMILES string of the molecule is COc1ccc(NC(=O)/C=C/c2ccc(Cl)cc2)cc1[N+](=O)[O-]. The van der Waals surface area contributed by atoms with Gasteiger partial charge in [0.2, 0.25) is 5.91 Å². The van der Waals surface area contributed by atoms with E-state index in [0.717, 1.165) is 5.56 Å². The summed E-state index contributed by atoms with van der Waals surface area (Å²) in [4.78, 5) is 22.2. The molecule has 0 saturated carbocycles. The van der Waals surface area contributed by atoms with Gasteiger partial charge in [-0.1, -0.05) is 23.7 Å². The highest BCUT2D eigenvalue weighted by Crippen LogP contribution is 2.29. The zero-order valence-corrected chi connectivity index (χ0v) is 12.9. The molecule has 0 atom stereocenters. The third-order valence-corrected chi connectivity index (χ3v) is 3.19. The summed E-state index contributed by atoms with van der Waals surface area (Å²) in [6.45, 7) is 0. The molecule has 2 aromatic carbocycles. The predicted molar refractivity (Wildman–Crippen MR) is 88.8 cm³/mol. The average molecular weight is 333 g/mol. The minimum absolute atomic E-state index is 0.129. The van der Waals surface area contributed by atoms with E-state index in [0.29, 0.717) is 10.7 Å². The Bertz CT molecular complexity index is 757. The molecule has 6 nitrogen and oxygen atoms in total. The molecule has 0 aliphatic heterocycles. The van der Waals surface area contributed by atoms with Gasteiger partial charge >= 0.3 is 5.69 Å². The van der Waals surface area contributed by atoms with Crippen LogP contribution in [0.15, 0.2) is 48.5 Å². The van der Waals surface area contributed by atoms with E-state index in [-0.39, 0.29) is 11.4 Å². The van der Waals surface area contributed by atoms with E-state index in [1.165, 1.54) is 31.4 Å². The summed E-state index contributed by atoms with van der Waals surface area (Å²) >= 11 is 5.78. The zero-order chi connectivity index (χ0) is 16.8. The minimum Gasteiger partial charge on any atom is -0.490 e. The average Bonchev–Trinajstić information content (AvgIpc) is 2.54. The lowest BCUT2D eigenvalue weighted by atomic mass is 10.2. The maximum atomic E-state index is 11.9. The highest BCUT2D eigenvalue weighted by molar-refractivity contribution is 6.30. The number of nitro groups is 1. The van der Waals surface area contributed by atoms with Gasteiger partial charge in [0, 0.05) is 22.9 Å². The molecule has 0 fully saturated rings. The third kappa shape index (κ3) is 4.55. The topological polar surface area (TPSA) is 81.5 Å². The first-order chi connectivity index (χ1) is 11.0. The van der Waals surface area contributed by atoms with Gasteiger partial charge in [-0.2, -0.15) is 0 Å². The van der Waals surface area contributed by atoms with Crippen LogP contribution in [0.5, 0.6) is 5.75 Å². The number of amides is 1. The number of hydrogen-bond donors (Lipinski definition) is 1. The standard InChI is InChI=1S/C16H13ClN2O4/c1-23-15-8-7-13(10-14(15)19(21)22)18-16(20)9-4-11-2-5-12(17)6-3-11/h2-10H,1H3,(H,18,20)/b9-4+. The molecule has 0 heterocycles. The van der Waals surface area contributed by atoms with Crippen molar-refractivity contribution < 1.29 is 14.5 Å². The molecule has 0 unspecified atom stereocenters. The van der Waals surface area contributed by atoms with E-state index in [9.17, 15) is 14.9 Å². The fourth-order valence-corrected chi connectivity index (χ4v) is 1.97. The molecule has 0 bridgehead atoms. The number of methoxy groups -OCH3 is 1. The van der Waals surface area contributed by atoms with Crippen molar-refractivity contribution in [2.24, 2.45) is 0 Å². The number of carbonyl (C=O) groups is 1. The minimum atomic E-state index is -0.571. The van der Waals surface area contributed by atoms with Crippen LogP contribution in [-0.4, -0.2) is 17.9 Å². The number of hydrogen-bond acceptors (Lipinski definition) is 4. The van der Waals surface area contributed by atoms with Crippen molar-refractivity contribution in [1.29, 1.82) is 0 Å². The lowest BCUT2D eigenvalue weighted by molar-refractivity contribution is -0.385. The Balaban J connectivity index is 2.09. The van der Waals surface area contributed by atoms with Crippen LogP contribution in [0.25, 0.3) is 6.08 Å². The van der Waals surface area contributed by atoms with Gasteiger partial charge in [0.25, 0.3) is 0 Å². The number of nitro benzene ring substituents is 1. The fourth-order valence-electron chi connectivity index (χ4n) is 1.84. The lowest BCUT2D eigenvalue weighted by Gasteiger charge is -2.05. The molecule has 7 heteroatoms. The summed E-state index contributed by atoms with van der Waals surface area (Å²) in [5, 5.41) is 14.1. The van der Waals surface area contributed by atoms with Crippen LogP contribution in [-0.2, 0) is 4.79 Å². The van der Waals surface area contributed by atoms with Crippen molar-refractivity contribution in [3.05, 3.63) is 69.2 Å². The quantitative estimate of drug-likeness (QED) is 0.511. The van der Waals surface area contributed by atoms with E-state index >= 15 is 0 Å². The Kier molecular flexibility index (Phi) is 5.32. The van der Waals surface area contributed by atoms with Gasteiger partial charge in [-0.3, -0.25) is 14.9 Å². The molecule has 118 valence electrons. The van der Waals surface area contributed by atoms with E-state index in [2.05, 4.69) is 5.32 Å². The highest BCUT2D eigenvalue weighted by atomic mass is 35.5. The largest absolute Gasteiger partial charge is 0.490 e. The monoisotopic (exact) mass is 332 g/mol. The molecule has 0 aliphatic rings. The smallest absolute Gasteiger partial charge is 0.312 e. The first-order valence-electron chi connectivity index (χ1n) is 6.56. The summed E-state index contributed by atoms with van der Waals surface area (Å²) in [6.07, 6.45) is 2.95. The van der Waals surface area contributed by atoms with Crippen molar-refractivity contribution in [1.82, 2.24) is 0 Å². The van der Waals surface area contributed by atoms with Crippen LogP contribution < -0.4 is 10.1 Å². The van der Waals surface area contributed by atoms with E-state index in [1.54, 1.807) is 30.3 Å². The fraction of sp³-hybridized carbons (Fsp3) is 0.0625. The molecule has 1 amide bonds. The van der Waals surface area contributed by atoms with Crippen LogP contribution in [0.3, 0.4) is 0 Å².